The molecule has 8 nitrogen and oxygen atoms in total. The Balaban J connectivity index is 2.08. The van der Waals surface area contributed by atoms with Crippen molar-refractivity contribution in [3.63, 3.8) is 0 Å². The van der Waals surface area contributed by atoms with Gasteiger partial charge in [0.15, 0.2) is 22.9 Å². The van der Waals surface area contributed by atoms with E-state index in [4.69, 9.17) is 26.8 Å². The van der Waals surface area contributed by atoms with Crippen LogP contribution in [0.25, 0.3) is 16.9 Å². The number of hydrogen-bond acceptors (Lipinski definition) is 7. The molecule has 3 aromatic heterocycles. The van der Waals surface area contributed by atoms with Gasteiger partial charge in [0.2, 0.25) is 5.28 Å². The van der Waals surface area contributed by atoms with Crippen molar-refractivity contribution in [2.75, 3.05) is 7.11 Å². The zero-order valence-corrected chi connectivity index (χ0v) is 13.2. The molecule has 23 heavy (non-hydrogen) atoms. The molecule has 0 radical (unpaired) electrons. The van der Waals surface area contributed by atoms with E-state index in [0.29, 0.717) is 39.4 Å². The standard InChI is InChI=1S/C14H13ClN6O2/c1-21-11-12(22-2)10(7-19-13(11)20-14(21)15)23-9(5-16)8-6-17-3-4-18-8/h3-7H,16H2,1-2H3. The number of methoxy groups -OCH3 is 1. The topological polar surface area (TPSA) is 101 Å². The number of hydrogen-bond donors (Lipinski definition) is 1. The first-order chi connectivity index (χ1) is 11.2. The number of fused-ring (bicyclic) bond motifs is 1. The van der Waals surface area contributed by atoms with Gasteiger partial charge in [0.05, 0.1) is 19.5 Å². The molecule has 0 aromatic carbocycles. The molecule has 0 bridgehead atoms. The Hall–Kier alpha value is -2.87. The molecule has 0 aliphatic heterocycles. The fourth-order valence-corrected chi connectivity index (χ4v) is 2.25. The first kappa shape index (κ1) is 15.0. The number of halogens is 1. The maximum atomic E-state index is 6.03. The van der Waals surface area contributed by atoms with Crippen molar-refractivity contribution < 1.29 is 9.47 Å². The molecule has 0 aliphatic carbocycles. The van der Waals surface area contributed by atoms with Crippen molar-refractivity contribution in [3.05, 3.63) is 42.0 Å². The minimum Gasteiger partial charge on any atom is -0.491 e. The van der Waals surface area contributed by atoms with Gasteiger partial charge < -0.3 is 19.8 Å². The summed E-state index contributed by atoms with van der Waals surface area (Å²) in [6, 6.07) is 0. The predicted octanol–water partition coefficient (Wildman–Crippen LogP) is 1.76. The van der Waals surface area contributed by atoms with Crippen LogP contribution in [-0.4, -0.2) is 31.6 Å². The lowest BCUT2D eigenvalue weighted by atomic mass is 10.3. The zero-order valence-electron chi connectivity index (χ0n) is 12.4. The van der Waals surface area contributed by atoms with E-state index in [2.05, 4.69) is 19.9 Å². The molecule has 0 aliphatic rings. The highest BCUT2D eigenvalue weighted by Crippen LogP contribution is 2.36. The SMILES string of the molecule is COc1c(OC(=CN)c2cnccn2)cnc2nc(Cl)n(C)c12. The summed E-state index contributed by atoms with van der Waals surface area (Å²) in [5.74, 6) is 1.13. The highest BCUT2D eigenvalue weighted by Gasteiger charge is 2.19. The summed E-state index contributed by atoms with van der Waals surface area (Å²) in [5.41, 5.74) is 7.20. The number of ether oxygens (including phenoxy) is 2. The molecule has 3 rings (SSSR count). The van der Waals surface area contributed by atoms with E-state index in [1.807, 2.05) is 0 Å². The normalized spacial score (nSPS) is 11.7. The Kier molecular flexibility index (Phi) is 3.98. The average Bonchev–Trinajstić information content (AvgIpc) is 2.88. The predicted molar refractivity (Wildman–Crippen MR) is 84.9 cm³/mol. The van der Waals surface area contributed by atoms with Gasteiger partial charge >= 0.3 is 0 Å². The Morgan fingerprint density at radius 2 is 2.13 bits per heavy atom. The molecule has 0 fully saturated rings. The van der Waals surface area contributed by atoms with Crippen molar-refractivity contribution in [2.24, 2.45) is 12.8 Å². The van der Waals surface area contributed by atoms with Gasteiger partial charge in [-0.25, -0.2) is 9.97 Å². The monoisotopic (exact) mass is 332 g/mol. The quantitative estimate of drug-likeness (QED) is 0.726. The van der Waals surface area contributed by atoms with E-state index in [9.17, 15) is 0 Å². The summed E-state index contributed by atoms with van der Waals surface area (Å²) < 4.78 is 12.9. The van der Waals surface area contributed by atoms with Crippen LogP contribution in [-0.2, 0) is 7.05 Å². The van der Waals surface area contributed by atoms with Crippen LogP contribution in [0.2, 0.25) is 5.28 Å². The van der Waals surface area contributed by atoms with E-state index in [1.54, 1.807) is 24.0 Å². The molecule has 0 saturated carbocycles. The molecule has 0 amide bonds. The fourth-order valence-electron chi connectivity index (χ4n) is 2.08. The van der Waals surface area contributed by atoms with Crippen molar-refractivity contribution in [3.8, 4) is 11.5 Å². The van der Waals surface area contributed by atoms with Gasteiger partial charge in [-0.1, -0.05) is 0 Å². The van der Waals surface area contributed by atoms with Crippen LogP contribution in [0.15, 0.2) is 31.0 Å². The van der Waals surface area contributed by atoms with Crippen LogP contribution in [0, 0.1) is 0 Å². The van der Waals surface area contributed by atoms with E-state index >= 15 is 0 Å². The number of imidazole rings is 1. The van der Waals surface area contributed by atoms with Crippen LogP contribution < -0.4 is 15.2 Å². The van der Waals surface area contributed by atoms with Gasteiger partial charge in [0, 0.05) is 25.6 Å². The average molecular weight is 333 g/mol. The molecule has 3 heterocycles. The van der Waals surface area contributed by atoms with E-state index in [1.165, 1.54) is 25.7 Å². The third-order valence-electron chi connectivity index (χ3n) is 3.16. The first-order valence-corrected chi connectivity index (χ1v) is 6.94. The van der Waals surface area contributed by atoms with Crippen molar-refractivity contribution >= 4 is 28.5 Å². The number of aromatic nitrogens is 5. The third kappa shape index (κ3) is 2.64. The lowest BCUT2D eigenvalue weighted by Gasteiger charge is -2.12. The van der Waals surface area contributed by atoms with Crippen LogP contribution in [0.3, 0.4) is 0 Å². The van der Waals surface area contributed by atoms with Crippen LogP contribution in [0.5, 0.6) is 11.5 Å². The minimum atomic E-state index is 0.298. The van der Waals surface area contributed by atoms with Crippen LogP contribution in [0.1, 0.15) is 5.69 Å². The van der Waals surface area contributed by atoms with Crippen LogP contribution >= 0.6 is 11.6 Å². The van der Waals surface area contributed by atoms with Gasteiger partial charge in [-0.05, 0) is 11.6 Å². The Labute approximate surface area is 136 Å². The number of pyridine rings is 1. The summed E-state index contributed by atoms with van der Waals surface area (Å²) in [7, 11) is 3.28. The van der Waals surface area contributed by atoms with E-state index in [0.717, 1.165) is 0 Å². The van der Waals surface area contributed by atoms with Gasteiger partial charge in [-0.2, -0.15) is 4.98 Å². The molecule has 3 aromatic rings. The number of rotatable bonds is 4. The van der Waals surface area contributed by atoms with Crippen molar-refractivity contribution in [2.45, 2.75) is 0 Å². The molecular weight excluding hydrogens is 320 g/mol. The van der Waals surface area contributed by atoms with Crippen molar-refractivity contribution in [1.82, 2.24) is 24.5 Å². The molecule has 0 saturated heterocycles. The molecule has 9 heteroatoms. The lowest BCUT2D eigenvalue weighted by Crippen LogP contribution is -2.03. The second kappa shape index (κ2) is 6.09. The largest absolute Gasteiger partial charge is 0.491 e. The Morgan fingerprint density at radius 1 is 1.30 bits per heavy atom. The van der Waals surface area contributed by atoms with E-state index in [-0.39, 0.29) is 0 Å². The van der Waals surface area contributed by atoms with Gasteiger partial charge in [-0.15, -0.1) is 0 Å². The van der Waals surface area contributed by atoms with Crippen LogP contribution in [0.4, 0.5) is 0 Å². The minimum absolute atomic E-state index is 0.298. The smallest absolute Gasteiger partial charge is 0.205 e. The first-order valence-electron chi connectivity index (χ1n) is 6.56. The summed E-state index contributed by atoms with van der Waals surface area (Å²) >= 11 is 6.03. The number of nitrogens with two attached hydrogens (primary N) is 1. The number of aryl methyl sites for hydroxylation is 1. The molecule has 0 spiro atoms. The summed E-state index contributed by atoms with van der Waals surface area (Å²) in [4.78, 5) is 16.5. The Bertz CT molecular complexity index is 878. The highest BCUT2D eigenvalue weighted by molar-refractivity contribution is 6.29. The fraction of sp³-hybridized carbons (Fsp3) is 0.143. The van der Waals surface area contributed by atoms with Gasteiger partial charge in [-0.3, -0.25) is 4.98 Å². The highest BCUT2D eigenvalue weighted by atomic mass is 35.5. The molecule has 0 atom stereocenters. The maximum Gasteiger partial charge on any atom is 0.205 e. The third-order valence-corrected chi connectivity index (χ3v) is 3.49. The molecule has 118 valence electrons. The van der Waals surface area contributed by atoms with Gasteiger partial charge in [0.1, 0.15) is 11.2 Å². The second-order valence-electron chi connectivity index (χ2n) is 4.49. The molecular formula is C14H13ClN6O2. The summed E-state index contributed by atoms with van der Waals surface area (Å²) in [6.45, 7) is 0. The zero-order chi connectivity index (χ0) is 16.4. The Morgan fingerprint density at radius 3 is 2.78 bits per heavy atom. The molecule has 2 N–H and O–H groups in total. The second-order valence-corrected chi connectivity index (χ2v) is 4.83. The van der Waals surface area contributed by atoms with Crippen molar-refractivity contribution in [1.29, 1.82) is 0 Å². The maximum absolute atomic E-state index is 6.03. The number of nitrogens with zero attached hydrogens (tertiary/aromatic N) is 5. The summed E-state index contributed by atoms with van der Waals surface area (Å²) in [6.07, 6.45) is 7.43. The van der Waals surface area contributed by atoms with Gasteiger partial charge in [0.25, 0.3) is 0 Å². The molecule has 0 unspecified atom stereocenters. The lowest BCUT2D eigenvalue weighted by molar-refractivity contribution is 0.387. The summed E-state index contributed by atoms with van der Waals surface area (Å²) in [5, 5.41) is 0.298. The van der Waals surface area contributed by atoms with E-state index < -0.39 is 0 Å².